The summed E-state index contributed by atoms with van der Waals surface area (Å²) < 4.78 is 5.40. The summed E-state index contributed by atoms with van der Waals surface area (Å²) in [5.74, 6) is 0.0207. The second kappa shape index (κ2) is 6.26. The Bertz CT molecular complexity index is 438. The van der Waals surface area contributed by atoms with Crippen LogP contribution < -0.4 is 4.74 Å². The molecular weight excluding hydrogens is 347 g/mol. The summed E-state index contributed by atoms with van der Waals surface area (Å²) in [6, 6.07) is 0. The zero-order valence-corrected chi connectivity index (χ0v) is 12.9. The Morgan fingerprint density at radius 1 is 1.11 bits per heavy atom. The molecule has 0 spiro atoms. The summed E-state index contributed by atoms with van der Waals surface area (Å²) in [4.78, 5) is 10.7. The van der Waals surface area contributed by atoms with Crippen molar-refractivity contribution in [3.63, 3.8) is 0 Å². The van der Waals surface area contributed by atoms with Crippen LogP contribution in [-0.4, -0.2) is 16.4 Å². The van der Waals surface area contributed by atoms with E-state index in [0.717, 1.165) is 29.5 Å². The maximum atomic E-state index is 10.7. The molecular formula is C13H17IO4. The SMILES string of the molecule is CCc1c(O)c(OC(=O)O)c(I)c(CC)c1CC. The molecule has 0 bridgehead atoms. The van der Waals surface area contributed by atoms with Gasteiger partial charge in [0, 0.05) is 5.56 Å². The Morgan fingerprint density at radius 3 is 2.00 bits per heavy atom. The second-order valence-electron chi connectivity index (χ2n) is 3.86. The lowest BCUT2D eigenvalue weighted by molar-refractivity contribution is 0.142. The molecule has 4 nitrogen and oxygen atoms in total. The number of phenols is 1. The van der Waals surface area contributed by atoms with E-state index in [2.05, 4.69) is 0 Å². The standard InChI is InChI=1S/C13H17IO4/c1-4-7-8(5-2)10(14)12(18-13(16)17)11(15)9(7)6-3/h15H,4-6H2,1-3H3,(H,16,17). The molecule has 0 aliphatic rings. The number of hydrogen-bond donors (Lipinski definition) is 2. The molecule has 0 radical (unpaired) electrons. The van der Waals surface area contributed by atoms with Crippen molar-refractivity contribution in [2.45, 2.75) is 40.0 Å². The van der Waals surface area contributed by atoms with Gasteiger partial charge >= 0.3 is 6.16 Å². The van der Waals surface area contributed by atoms with Gasteiger partial charge in [-0.05, 0) is 53.0 Å². The van der Waals surface area contributed by atoms with E-state index in [9.17, 15) is 9.90 Å². The topological polar surface area (TPSA) is 66.8 Å². The van der Waals surface area contributed by atoms with E-state index >= 15 is 0 Å². The number of carboxylic acid groups (broad SMARTS) is 1. The average Bonchev–Trinajstić information content (AvgIpc) is 2.33. The summed E-state index contributed by atoms with van der Waals surface area (Å²) in [5.41, 5.74) is 2.94. The van der Waals surface area contributed by atoms with Gasteiger partial charge < -0.3 is 14.9 Å². The fraction of sp³-hybridized carbons (Fsp3) is 0.462. The molecule has 0 aliphatic heterocycles. The van der Waals surface area contributed by atoms with Gasteiger partial charge in [-0.3, -0.25) is 0 Å². The van der Waals surface area contributed by atoms with Crippen molar-refractivity contribution in [2.24, 2.45) is 0 Å². The Balaban J connectivity index is 3.58. The molecule has 0 saturated heterocycles. The second-order valence-corrected chi connectivity index (χ2v) is 4.93. The van der Waals surface area contributed by atoms with E-state index in [-0.39, 0.29) is 11.5 Å². The van der Waals surface area contributed by atoms with Gasteiger partial charge in [0.1, 0.15) is 0 Å². The Labute approximate surface area is 120 Å². The number of halogens is 1. The third kappa shape index (κ3) is 2.71. The Kier molecular flexibility index (Phi) is 5.25. The highest BCUT2D eigenvalue weighted by Crippen LogP contribution is 2.41. The molecule has 0 amide bonds. The van der Waals surface area contributed by atoms with E-state index in [1.54, 1.807) is 0 Å². The van der Waals surface area contributed by atoms with Gasteiger partial charge in [-0.25, -0.2) is 4.79 Å². The smallest absolute Gasteiger partial charge is 0.504 e. The molecule has 0 atom stereocenters. The maximum Gasteiger partial charge on any atom is 0.511 e. The quantitative estimate of drug-likeness (QED) is 0.485. The molecule has 18 heavy (non-hydrogen) atoms. The van der Waals surface area contributed by atoms with Crippen molar-refractivity contribution in [3.8, 4) is 11.5 Å². The molecule has 0 aliphatic carbocycles. The van der Waals surface area contributed by atoms with Crippen LogP contribution in [0.2, 0.25) is 0 Å². The summed E-state index contributed by atoms with van der Waals surface area (Å²) in [6.07, 6.45) is 0.833. The van der Waals surface area contributed by atoms with Crippen LogP contribution in [0.15, 0.2) is 0 Å². The minimum Gasteiger partial charge on any atom is -0.504 e. The van der Waals surface area contributed by atoms with E-state index in [4.69, 9.17) is 9.84 Å². The number of hydrogen-bond acceptors (Lipinski definition) is 3. The molecule has 0 aromatic heterocycles. The van der Waals surface area contributed by atoms with Crippen LogP contribution in [0.4, 0.5) is 4.79 Å². The predicted octanol–water partition coefficient (Wildman–Crippen LogP) is 3.74. The number of ether oxygens (including phenoxy) is 1. The van der Waals surface area contributed by atoms with Crippen molar-refractivity contribution in [1.29, 1.82) is 0 Å². The number of benzene rings is 1. The molecule has 0 saturated carbocycles. The Morgan fingerprint density at radius 2 is 1.61 bits per heavy atom. The van der Waals surface area contributed by atoms with Crippen LogP contribution in [0.25, 0.3) is 0 Å². The van der Waals surface area contributed by atoms with Crippen LogP contribution in [0.5, 0.6) is 11.5 Å². The normalized spacial score (nSPS) is 10.4. The molecule has 2 N–H and O–H groups in total. The number of phenolic OH excluding ortho intramolecular Hbond substituents is 1. The van der Waals surface area contributed by atoms with Crippen LogP contribution in [-0.2, 0) is 19.3 Å². The summed E-state index contributed by atoms with van der Waals surface area (Å²) in [7, 11) is 0. The minimum atomic E-state index is -1.41. The fourth-order valence-electron chi connectivity index (χ4n) is 2.19. The van der Waals surface area contributed by atoms with Crippen molar-refractivity contribution in [1.82, 2.24) is 0 Å². The lowest BCUT2D eigenvalue weighted by atomic mass is 9.94. The van der Waals surface area contributed by atoms with Gasteiger partial charge in [-0.2, -0.15) is 0 Å². The molecule has 1 aromatic rings. The molecule has 0 heterocycles. The van der Waals surface area contributed by atoms with Crippen molar-refractivity contribution in [3.05, 3.63) is 20.3 Å². The number of carbonyl (C=O) groups is 1. The van der Waals surface area contributed by atoms with E-state index in [1.807, 2.05) is 43.4 Å². The number of rotatable bonds is 4. The highest BCUT2D eigenvalue weighted by Gasteiger charge is 2.22. The highest BCUT2D eigenvalue weighted by atomic mass is 127. The van der Waals surface area contributed by atoms with Crippen LogP contribution in [0, 0.1) is 3.57 Å². The monoisotopic (exact) mass is 364 g/mol. The molecule has 0 fully saturated rings. The first kappa shape index (κ1) is 15.1. The maximum absolute atomic E-state index is 10.7. The molecule has 5 heteroatoms. The number of aromatic hydroxyl groups is 1. The molecule has 1 aromatic carbocycles. The summed E-state index contributed by atoms with van der Waals surface area (Å²) >= 11 is 2.03. The van der Waals surface area contributed by atoms with Gasteiger partial charge in [0.05, 0.1) is 3.57 Å². The van der Waals surface area contributed by atoms with Gasteiger partial charge in [-0.1, -0.05) is 20.8 Å². The minimum absolute atomic E-state index is 0.0432. The lowest BCUT2D eigenvalue weighted by Crippen LogP contribution is -2.09. The van der Waals surface area contributed by atoms with Crippen LogP contribution >= 0.6 is 22.6 Å². The van der Waals surface area contributed by atoms with Crippen molar-refractivity contribution >= 4 is 28.7 Å². The van der Waals surface area contributed by atoms with E-state index < -0.39 is 6.16 Å². The first-order valence-electron chi connectivity index (χ1n) is 5.93. The van der Waals surface area contributed by atoms with E-state index in [0.29, 0.717) is 9.99 Å². The molecule has 0 unspecified atom stereocenters. The Hall–Kier alpha value is -0.980. The van der Waals surface area contributed by atoms with E-state index in [1.165, 1.54) is 0 Å². The van der Waals surface area contributed by atoms with Crippen molar-refractivity contribution < 1.29 is 19.7 Å². The molecule has 1 rings (SSSR count). The predicted molar refractivity (Wildman–Crippen MR) is 77.6 cm³/mol. The average molecular weight is 364 g/mol. The van der Waals surface area contributed by atoms with Crippen LogP contribution in [0.3, 0.4) is 0 Å². The summed E-state index contributed by atoms with van der Waals surface area (Å²) in [5, 5.41) is 18.9. The largest absolute Gasteiger partial charge is 0.511 e. The first-order valence-corrected chi connectivity index (χ1v) is 7.01. The zero-order valence-electron chi connectivity index (χ0n) is 10.7. The fourth-order valence-corrected chi connectivity index (χ4v) is 3.26. The van der Waals surface area contributed by atoms with Gasteiger partial charge in [0.2, 0.25) is 0 Å². The van der Waals surface area contributed by atoms with Gasteiger partial charge in [0.25, 0.3) is 0 Å². The van der Waals surface area contributed by atoms with Crippen molar-refractivity contribution in [2.75, 3.05) is 0 Å². The van der Waals surface area contributed by atoms with Gasteiger partial charge in [-0.15, -0.1) is 0 Å². The third-order valence-corrected chi connectivity index (χ3v) is 4.08. The zero-order chi connectivity index (χ0) is 13.9. The van der Waals surface area contributed by atoms with Gasteiger partial charge in [0.15, 0.2) is 11.5 Å². The highest BCUT2D eigenvalue weighted by molar-refractivity contribution is 14.1. The summed E-state index contributed by atoms with van der Waals surface area (Å²) in [6.45, 7) is 5.98. The van der Waals surface area contributed by atoms with Crippen LogP contribution in [0.1, 0.15) is 37.5 Å². The molecule has 100 valence electrons. The lowest BCUT2D eigenvalue weighted by Gasteiger charge is -2.18. The third-order valence-electron chi connectivity index (χ3n) is 2.94. The first-order chi connectivity index (χ1) is 8.47.